The molecule has 4 aromatic rings. The van der Waals surface area contributed by atoms with Crippen LogP contribution in [0.3, 0.4) is 0 Å². The van der Waals surface area contributed by atoms with Crippen molar-refractivity contribution in [2.75, 3.05) is 12.4 Å². The lowest BCUT2D eigenvalue weighted by Crippen LogP contribution is -2.11. The summed E-state index contributed by atoms with van der Waals surface area (Å²) in [6, 6.07) is 21.8. The molecule has 190 valence electrons. The number of carbonyl (C=O) groups excluding carboxylic acids is 1. The van der Waals surface area contributed by atoms with E-state index in [1.807, 2.05) is 24.3 Å². The quantitative estimate of drug-likeness (QED) is 0.184. The zero-order valence-electron chi connectivity index (χ0n) is 20.6. The third kappa shape index (κ3) is 6.46. The van der Waals surface area contributed by atoms with Crippen LogP contribution in [0.15, 0.2) is 83.3 Å². The summed E-state index contributed by atoms with van der Waals surface area (Å²) in [5.74, 6) is 2.02. The molecule has 3 aromatic carbocycles. The normalized spacial score (nSPS) is 10.7. The highest BCUT2D eigenvalue weighted by atomic mass is 16.6. The highest BCUT2D eigenvalue weighted by Gasteiger charge is 2.17. The summed E-state index contributed by atoms with van der Waals surface area (Å²) in [5.41, 5.74) is 1.13. The molecule has 0 aliphatic carbocycles. The number of nitrogens with zero attached hydrogens (tertiary/aromatic N) is 1. The van der Waals surface area contributed by atoms with Gasteiger partial charge in [0.2, 0.25) is 0 Å². The minimum Gasteiger partial charge on any atom is -0.493 e. The van der Waals surface area contributed by atoms with Crippen molar-refractivity contribution in [1.29, 1.82) is 0 Å². The predicted molar refractivity (Wildman–Crippen MR) is 138 cm³/mol. The van der Waals surface area contributed by atoms with Crippen LogP contribution in [-0.4, -0.2) is 17.9 Å². The standard InChI is InChI=1S/C28H26N2O7/c1-18(2)19-8-10-22(11-9-19)35-17-23-12-13-27(36-23)28(31)29-20-14-21(30(32)33)16-24(15-20)37-26-7-5-4-6-25(26)34-3/h4-16,18H,17H2,1-3H3,(H,29,31). The lowest BCUT2D eigenvalue weighted by Gasteiger charge is -2.11. The van der Waals surface area contributed by atoms with Gasteiger partial charge in [-0.25, -0.2) is 0 Å². The summed E-state index contributed by atoms with van der Waals surface area (Å²) < 4.78 is 22.4. The van der Waals surface area contributed by atoms with Gasteiger partial charge in [-0.05, 0) is 47.9 Å². The SMILES string of the molecule is COc1ccccc1Oc1cc(NC(=O)c2ccc(COc3ccc(C(C)C)cc3)o2)cc([N+](=O)[O-])c1. The van der Waals surface area contributed by atoms with E-state index in [2.05, 4.69) is 19.2 Å². The zero-order valence-corrected chi connectivity index (χ0v) is 20.6. The molecule has 0 saturated carbocycles. The number of nitro groups is 1. The van der Waals surface area contributed by atoms with Crippen molar-refractivity contribution in [2.45, 2.75) is 26.4 Å². The Morgan fingerprint density at radius 3 is 2.38 bits per heavy atom. The van der Waals surface area contributed by atoms with E-state index in [9.17, 15) is 14.9 Å². The summed E-state index contributed by atoms with van der Waals surface area (Å²) in [4.78, 5) is 23.7. The molecule has 37 heavy (non-hydrogen) atoms. The highest BCUT2D eigenvalue weighted by molar-refractivity contribution is 6.02. The van der Waals surface area contributed by atoms with Crippen LogP contribution in [0, 0.1) is 10.1 Å². The molecule has 1 amide bonds. The third-order valence-electron chi connectivity index (χ3n) is 5.47. The average Bonchev–Trinajstić information content (AvgIpc) is 3.37. The first-order valence-corrected chi connectivity index (χ1v) is 11.6. The Morgan fingerprint density at radius 1 is 0.973 bits per heavy atom. The Balaban J connectivity index is 1.45. The Bertz CT molecular complexity index is 1390. The van der Waals surface area contributed by atoms with Gasteiger partial charge in [0.25, 0.3) is 11.6 Å². The molecule has 0 atom stereocenters. The number of ether oxygens (including phenoxy) is 3. The van der Waals surface area contributed by atoms with Crippen molar-refractivity contribution in [3.63, 3.8) is 0 Å². The molecular formula is C28H26N2O7. The van der Waals surface area contributed by atoms with E-state index in [4.69, 9.17) is 18.6 Å². The molecule has 0 radical (unpaired) electrons. The molecule has 1 aromatic heterocycles. The number of amides is 1. The number of rotatable bonds is 10. The van der Waals surface area contributed by atoms with Gasteiger partial charge >= 0.3 is 0 Å². The lowest BCUT2D eigenvalue weighted by atomic mass is 10.0. The van der Waals surface area contributed by atoms with Crippen LogP contribution < -0.4 is 19.5 Å². The molecule has 1 heterocycles. The van der Waals surface area contributed by atoms with E-state index in [1.54, 1.807) is 30.3 Å². The number of non-ortho nitro benzene ring substituents is 1. The maximum atomic E-state index is 12.8. The summed E-state index contributed by atoms with van der Waals surface area (Å²) in [5, 5.41) is 14.1. The van der Waals surface area contributed by atoms with Crippen LogP contribution in [0.2, 0.25) is 0 Å². The summed E-state index contributed by atoms with van der Waals surface area (Å²) in [7, 11) is 1.49. The summed E-state index contributed by atoms with van der Waals surface area (Å²) in [6.45, 7) is 4.38. The summed E-state index contributed by atoms with van der Waals surface area (Å²) in [6.07, 6.45) is 0. The second-order valence-corrected chi connectivity index (χ2v) is 8.46. The van der Waals surface area contributed by atoms with E-state index in [0.29, 0.717) is 28.9 Å². The molecular weight excluding hydrogens is 476 g/mol. The van der Waals surface area contributed by atoms with Crippen molar-refractivity contribution in [3.8, 4) is 23.0 Å². The number of benzene rings is 3. The van der Waals surface area contributed by atoms with E-state index in [1.165, 1.54) is 36.9 Å². The Labute approximate surface area is 213 Å². The smallest absolute Gasteiger partial charge is 0.291 e. The van der Waals surface area contributed by atoms with Gasteiger partial charge in [0.1, 0.15) is 23.9 Å². The molecule has 0 bridgehead atoms. The molecule has 0 fully saturated rings. The van der Waals surface area contributed by atoms with Crippen LogP contribution in [0.5, 0.6) is 23.0 Å². The number of furan rings is 1. The Morgan fingerprint density at radius 2 is 1.70 bits per heavy atom. The molecule has 0 aliphatic rings. The molecule has 4 rings (SSSR count). The first-order valence-electron chi connectivity index (χ1n) is 11.6. The first-order chi connectivity index (χ1) is 17.8. The third-order valence-corrected chi connectivity index (χ3v) is 5.47. The number of anilines is 1. The van der Waals surface area contributed by atoms with Gasteiger partial charge in [0.05, 0.1) is 23.8 Å². The minimum absolute atomic E-state index is 0.0347. The largest absolute Gasteiger partial charge is 0.493 e. The molecule has 1 N–H and O–H groups in total. The fraction of sp³-hybridized carbons (Fsp3) is 0.179. The van der Waals surface area contributed by atoms with Crippen molar-refractivity contribution in [3.05, 3.63) is 106 Å². The van der Waals surface area contributed by atoms with Gasteiger partial charge in [-0.2, -0.15) is 0 Å². The monoisotopic (exact) mass is 502 g/mol. The van der Waals surface area contributed by atoms with Gasteiger partial charge in [-0.15, -0.1) is 0 Å². The van der Waals surface area contributed by atoms with Gasteiger partial charge < -0.3 is 23.9 Å². The number of carbonyl (C=O) groups is 1. The maximum Gasteiger partial charge on any atom is 0.291 e. The van der Waals surface area contributed by atoms with Crippen LogP contribution >= 0.6 is 0 Å². The Hall–Kier alpha value is -4.79. The van der Waals surface area contributed by atoms with Crippen molar-refractivity contribution in [2.24, 2.45) is 0 Å². The lowest BCUT2D eigenvalue weighted by molar-refractivity contribution is -0.384. The molecule has 9 heteroatoms. The van der Waals surface area contributed by atoms with Crippen molar-refractivity contribution >= 4 is 17.3 Å². The average molecular weight is 503 g/mol. The van der Waals surface area contributed by atoms with Crippen LogP contribution in [0.4, 0.5) is 11.4 Å². The summed E-state index contributed by atoms with van der Waals surface area (Å²) >= 11 is 0. The minimum atomic E-state index is -0.573. The van der Waals surface area contributed by atoms with Crippen LogP contribution in [-0.2, 0) is 6.61 Å². The number of nitrogens with one attached hydrogen (secondary N) is 1. The van der Waals surface area contributed by atoms with Crippen LogP contribution in [0.25, 0.3) is 0 Å². The molecule has 0 spiro atoms. The van der Waals surface area contributed by atoms with Crippen molar-refractivity contribution < 1.29 is 28.3 Å². The molecule has 0 saturated heterocycles. The number of para-hydroxylation sites is 2. The van der Waals surface area contributed by atoms with E-state index in [-0.39, 0.29) is 29.5 Å². The van der Waals surface area contributed by atoms with Crippen LogP contribution in [0.1, 0.15) is 41.6 Å². The number of hydrogen-bond donors (Lipinski definition) is 1. The molecule has 0 aliphatic heterocycles. The predicted octanol–water partition coefficient (Wildman–Crippen LogP) is 6.94. The number of hydrogen-bond acceptors (Lipinski definition) is 7. The van der Waals surface area contributed by atoms with Crippen molar-refractivity contribution in [1.82, 2.24) is 0 Å². The molecule has 9 nitrogen and oxygen atoms in total. The highest BCUT2D eigenvalue weighted by Crippen LogP contribution is 2.34. The molecule has 0 unspecified atom stereocenters. The fourth-order valence-corrected chi connectivity index (χ4v) is 3.52. The fourth-order valence-electron chi connectivity index (χ4n) is 3.52. The van der Waals surface area contributed by atoms with Gasteiger partial charge in [0, 0.05) is 12.1 Å². The first kappa shape index (κ1) is 25.3. The van der Waals surface area contributed by atoms with E-state index < -0.39 is 10.8 Å². The Kier molecular flexibility index (Phi) is 7.73. The van der Waals surface area contributed by atoms with Gasteiger partial charge in [-0.1, -0.05) is 38.1 Å². The van der Waals surface area contributed by atoms with E-state index >= 15 is 0 Å². The van der Waals surface area contributed by atoms with E-state index in [0.717, 1.165) is 0 Å². The number of nitro benzene ring substituents is 1. The van der Waals surface area contributed by atoms with Gasteiger partial charge in [-0.3, -0.25) is 14.9 Å². The number of methoxy groups -OCH3 is 1. The zero-order chi connectivity index (χ0) is 26.4. The van der Waals surface area contributed by atoms with Gasteiger partial charge in [0.15, 0.2) is 17.3 Å². The topological polar surface area (TPSA) is 113 Å². The second-order valence-electron chi connectivity index (χ2n) is 8.46. The maximum absolute atomic E-state index is 12.8. The second kappa shape index (κ2) is 11.3.